The van der Waals surface area contributed by atoms with Crippen LogP contribution in [0, 0.1) is 0 Å². The van der Waals surface area contributed by atoms with Gasteiger partial charge in [0.1, 0.15) is 0 Å². The molecule has 0 heterocycles. The first kappa shape index (κ1) is 13.8. The highest BCUT2D eigenvalue weighted by atomic mass is 79.9. The SMILES string of the molecule is C=CCCOCCNC1CCc2cc(Br)ccc21. The van der Waals surface area contributed by atoms with Gasteiger partial charge in [-0.25, -0.2) is 0 Å². The summed E-state index contributed by atoms with van der Waals surface area (Å²) in [4.78, 5) is 0. The number of hydrogen-bond acceptors (Lipinski definition) is 2. The average Bonchev–Trinajstić information content (AvgIpc) is 2.76. The molecule has 1 aliphatic rings. The van der Waals surface area contributed by atoms with Gasteiger partial charge in [-0.1, -0.05) is 28.1 Å². The molecule has 1 unspecified atom stereocenters. The van der Waals surface area contributed by atoms with Crippen molar-refractivity contribution >= 4 is 15.9 Å². The lowest BCUT2D eigenvalue weighted by atomic mass is 10.1. The molecular weight excluding hydrogens is 290 g/mol. The molecular formula is C15H20BrNO. The third-order valence-corrected chi connectivity index (χ3v) is 3.78. The molecule has 0 saturated heterocycles. The molecule has 1 aromatic carbocycles. The molecule has 0 bridgehead atoms. The molecule has 1 aromatic rings. The Morgan fingerprint density at radius 2 is 2.33 bits per heavy atom. The van der Waals surface area contributed by atoms with Gasteiger partial charge in [0.2, 0.25) is 0 Å². The van der Waals surface area contributed by atoms with Crippen molar-refractivity contribution in [3.05, 3.63) is 46.5 Å². The standard InChI is InChI=1S/C15H20BrNO/c1-2-3-9-18-10-8-17-15-7-4-12-11-13(16)5-6-14(12)15/h2,5-6,11,15,17H,1,3-4,7-10H2. The van der Waals surface area contributed by atoms with Crippen LogP contribution in [-0.2, 0) is 11.2 Å². The van der Waals surface area contributed by atoms with Gasteiger partial charge >= 0.3 is 0 Å². The first-order valence-corrected chi connectivity index (χ1v) is 7.31. The molecule has 0 aliphatic heterocycles. The van der Waals surface area contributed by atoms with E-state index in [1.807, 2.05) is 6.08 Å². The van der Waals surface area contributed by atoms with Gasteiger partial charge in [0.05, 0.1) is 13.2 Å². The molecule has 0 saturated carbocycles. The number of nitrogens with one attached hydrogen (secondary N) is 1. The fourth-order valence-electron chi connectivity index (χ4n) is 2.37. The highest BCUT2D eigenvalue weighted by molar-refractivity contribution is 9.10. The first-order valence-electron chi connectivity index (χ1n) is 6.51. The maximum absolute atomic E-state index is 5.50. The smallest absolute Gasteiger partial charge is 0.0591 e. The maximum Gasteiger partial charge on any atom is 0.0591 e. The van der Waals surface area contributed by atoms with Crippen LogP contribution in [0.4, 0.5) is 0 Å². The Hall–Kier alpha value is -0.640. The first-order chi connectivity index (χ1) is 8.81. The van der Waals surface area contributed by atoms with Crippen molar-refractivity contribution in [2.45, 2.75) is 25.3 Å². The molecule has 0 amide bonds. The molecule has 1 N–H and O–H groups in total. The molecule has 2 rings (SSSR count). The summed E-state index contributed by atoms with van der Waals surface area (Å²) >= 11 is 3.52. The van der Waals surface area contributed by atoms with E-state index in [2.05, 4.69) is 46.0 Å². The van der Waals surface area contributed by atoms with E-state index in [-0.39, 0.29) is 0 Å². The number of rotatable bonds is 7. The second-order valence-electron chi connectivity index (χ2n) is 4.58. The van der Waals surface area contributed by atoms with Crippen LogP contribution in [-0.4, -0.2) is 19.8 Å². The average molecular weight is 310 g/mol. The van der Waals surface area contributed by atoms with Crippen molar-refractivity contribution in [3.8, 4) is 0 Å². The van der Waals surface area contributed by atoms with Gasteiger partial charge in [0.15, 0.2) is 0 Å². The van der Waals surface area contributed by atoms with Crippen molar-refractivity contribution < 1.29 is 4.74 Å². The molecule has 3 heteroatoms. The van der Waals surface area contributed by atoms with Crippen LogP contribution >= 0.6 is 15.9 Å². The summed E-state index contributed by atoms with van der Waals surface area (Å²) < 4.78 is 6.68. The highest BCUT2D eigenvalue weighted by Gasteiger charge is 2.21. The van der Waals surface area contributed by atoms with E-state index in [4.69, 9.17) is 4.74 Å². The van der Waals surface area contributed by atoms with Gasteiger partial charge < -0.3 is 10.1 Å². The number of fused-ring (bicyclic) bond motifs is 1. The van der Waals surface area contributed by atoms with Crippen LogP contribution < -0.4 is 5.32 Å². The minimum atomic E-state index is 0.496. The molecule has 98 valence electrons. The van der Waals surface area contributed by atoms with E-state index >= 15 is 0 Å². The van der Waals surface area contributed by atoms with Gasteiger partial charge in [-0.3, -0.25) is 0 Å². The van der Waals surface area contributed by atoms with Crippen molar-refractivity contribution in [3.63, 3.8) is 0 Å². The topological polar surface area (TPSA) is 21.3 Å². The van der Waals surface area contributed by atoms with Crippen LogP contribution in [0.25, 0.3) is 0 Å². The van der Waals surface area contributed by atoms with Crippen LogP contribution in [0.15, 0.2) is 35.3 Å². The van der Waals surface area contributed by atoms with E-state index in [0.717, 1.165) is 26.2 Å². The minimum absolute atomic E-state index is 0.496. The summed E-state index contributed by atoms with van der Waals surface area (Å²) in [5.41, 5.74) is 2.92. The molecule has 0 aromatic heterocycles. The third-order valence-electron chi connectivity index (χ3n) is 3.29. The Morgan fingerprint density at radius 1 is 1.44 bits per heavy atom. The van der Waals surface area contributed by atoms with Gasteiger partial charge in [0, 0.05) is 17.1 Å². The highest BCUT2D eigenvalue weighted by Crippen LogP contribution is 2.32. The maximum atomic E-state index is 5.50. The zero-order valence-electron chi connectivity index (χ0n) is 10.6. The van der Waals surface area contributed by atoms with Gasteiger partial charge in [-0.2, -0.15) is 0 Å². The zero-order chi connectivity index (χ0) is 12.8. The summed E-state index contributed by atoms with van der Waals surface area (Å²) in [7, 11) is 0. The largest absolute Gasteiger partial charge is 0.380 e. The van der Waals surface area contributed by atoms with E-state index in [1.54, 1.807) is 0 Å². The van der Waals surface area contributed by atoms with Gasteiger partial charge in [0.25, 0.3) is 0 Å². The summed E-state index contributed by atoms with van der Waals surface area (Å²) in [5, 5.41) is 3.57. The summed E-state index contributed by atoms with van der Waals surface area (Å²) in [5.74, 6) is 0. The third kappa shape index (κ3) is 3.67. The molecule has 1 aliphatic carbocycles. The van der Waals surface area contributed by atoms with Crippen molar-refractivity contribution in [1.82, 2.24) is 5.32 Å². The minimum Gasteiger partial charge on any atom is -0.380 e. The van der Waals surface area contributed by atoms with Crippen LogP contribution in [0.5, 0.6) is 0 Å². The lowest BCUT2D eigenvalue weighted by Crippen LogP contribution is -2.23. The molecule has 2 nitrogen and oxygen atoms in total. The number of halogens is 1. The van der Waals surface area contributed by atoms with Gasteiger partial charge in [-0.15, -0.1) is 6.58 Å². The van der Waals surface area contributed by atoms with Crippen molar-refractivity contribution in [1.29, 1.82) is 0 Å². The second kappa shape index (κ2) is 7.07. The Kier molecular flexibility index (Phi) is 5.42. The van der Waals surface area contributed by atoms with E-state index < -0.39 is 0 Å². The van der Waals surface area contributed by atoms with Crippen LogP contribution in [0.2, 0.25) is 0 Å². The molecule has 1 atom stereocenters. The zero-order valence-corrected chi connectivity index (χ0v) is 12.2. The number of hydrogen-bond donors (Lipinski definition) is 1. The van der Waals surface area contributed by atoms with Gasteiger partial charge in [-0.05, 0) is 42.5 Å². The Balaban J connectivity index is 1.74. The molecule has 0 spiro atoms. The molecule has 18 heavy (non-hydrogen) atoms. The lowest BCUT2D eigenvalue weighted by Gasteiger charge is -2.14. The molecule has 0 fully saturated rings. The normalized spacial score (nSPS) is 17.7. The quantitative estimate of drug-likeness (QED) is 0.613. The Morgan fingerprint density at radius 3 is 3.17 bits per heavy atom. The molecule has 0 radical (unpaired) electrons. The number of aryl methyl sites for hydroxylation is 1. The summed E-state index contributed by atoms with van der Waals surface area (Å²) in [6.07, 6.45) is 5.18. The van der Waals surface area contributed by atoms with Crippen LogP contribution in [0.3, 0.4) is 0 Å². The van der Waals surface area contributed by atoms with Crippen molar-refractivity contribution in [2.24, 2.45) is 0 Å². The monoisotopic (exact) mass is 309 g/mol. The Bertz CT molecular complexity index is 405. The number of benzene rings is 1. The predicted octanol–water partition coefficient (Wildman–Crippen LogP) is 3.62. The summed E-state index contributed by atoms with van der Waals surface area (Å²) in [6, 6.07) is 7.08. The van der Waals surface area contributed by atoms with E-state index in [9.17, 15) is 0 Å². The Labute approximate surface area is 118 Å². The van der Waals surface area contributed by atoms with Crippen molar-refractivity contribution in [2.75, 3.05) is 19.8 Å². The summed E-state index contributed by atoms with van der Waals surface area (Å²) in [6.45, 7) is 6.14. The predicted molar refractivity (Wildman–Crippen MR) is 78.8 cm³/mol. The van der Waals surface area contributed by atoms with E-state index in [1.165, 1.54) is 28.4 Å². The van der Waals surface area contributed by atoms with E-state index in [0.29, 0.717) is 6.04 Å². The fraction of sp³-hybridized carbons (Fsp3) is 0.467. The number of ether oxygens (including phenoxy) is 1. The lowest BCUT2D eigenvalue weighted by molar-refractivity contribution is 0.138. The second-order valence-corrected chi connectivity index (χ2v) is 5.49. The fourth-order valence-corrected chi connectivity index (χ4v) is 2.78. The van der Waals surface area contributed by atoms with Crippen LogP contribution in [0.1, 0.15) is 30.0 Å².